The Hall–Kier alpha value is -4.52. The molecule has 1 aliphatic heterocycles. The van der Waals surface area contributed by atoms with Crippen LogP contribution in [0, 0.1) is 11.3 Å². The molecule has 3 N–H and O–H groups in total. The van der Waals surface area contributed by atoms with Crippen LogP contribution in [0.3, 0.4) is 0 Å². The van der Waals surface area contributed by atoms with Gasteiger partial charge in [-0.05, 0) is 43.2 Å². The van der Waals surface area contributed by atoms with Crippen molar-refractivity contribution in [2.45, 2.75) is 25.8 Å². The summed E-state index contributed by atoms with van der Waals surface area (Å²) in [6.07, 6.45) is 4.86. The molecule has 0 bridgehead atoms. The van der Waals surface area contributed by atoms with E-state index in [1.54, 1.807) is 43.7 Å². The van der Waals surface area contributed by atoms with Gasteiger partial charge in [-0.2, -0.15) is 5.26 Å². The summed E-state index contributed by atoms with van der Waals surface area (Å²) in [5.74, 6) is 0.583. The molecular weight excluding hydrogens is 432 g/mol. The third kappa shape index (κ3) is 4.94. The fraction of sp³-hybridized carbons (Fsp3) is 0.250. The molecule has 34 heavy (non-hydrogen) atoms. The van der Waals surface area contributed by atoms with Gasteiger partial charge in [0.15, 0.2) is 0 Å². The smallest absolute Gasteiger partial charge is 0.242 e. The molecule has 1 fully saturated rings. The Bertz CT molecular complexity index is 1250. The maximum Gasteiger partial charge on any atom is 0.242 e. The summed E-state index contributed by atoms with van der Waals surface area (Å²) in [4.78, 5) is 38.4. The number of amides is 2. The number of hydrogen-bond donors (Lipinski definition) is 3. The summed E-state index contributed by atoms with van der Waals surface area (Å²) >= 11 is 0. The van der Waals surface area contributed by atoms with Crippen molar-refractivity contribution >= 4 is 35.0 Å². The first kappa shape index (κ1) is 22.7. The molecule has 10 nitrogen and oxygen atoms in total. The molecule has 1 aliphatic rings. The minimum atomic E-state index is -0.275. The maximum atomic E-state index is 12.3. The minimum Gasteiger partial charge on any atom is -0.358 e. The van der Waals surface area contributed by atoms with E-state index in [1.807, 2.05) is 17.0 Å². The van der Waals surface area contributed by atoms with Crippen molar-refractivity contribution in [3.05, 3.63) is 54.4 Å². The molecule has 3 heterocycles. The van der Waals surface area contributed by atoms with Crippen LogP contribution in [0.15, 0.2) is 48.8 Å². The molecule has 2 amide bonds. The van der Waals surface area contributed by atoms with E-state index < -0.39 is 0 Å². The molecule has 4 rings (SSSR count). The van der Waals surface area contributed by atoms with Gasteiger partial charge in [0.05, 0.1) is 28.8 Å². The van der Waals surface area contributed by atoms with Crippen LogP contribution in [0.5, 0.6) is 0 Å². The van der Waals surface area contributed by atoms with Crippen molar-refractivity contribution < 1.29 is 9.59 Å². The number of aromatic nitrogens is 3. The molecule has 0 unspecified atom stereocenters. The number of carbonyl (C=O) groups excluding carboxylic acids is 2. The number of nitriles is 1. The van der Waals surface area contributed by atoms with Crippen molar-refractivity contribution in [2.24, 2.45) is 0 Å². The van der Waals surface area contributed by atoms with Gasteiger partial charge in [-0.25, -0.2) is 15.0 Å². The number of likely N-dealkylation sites (N-methyl/N-ethyl adjacent to an activating group) is 1. The molecule has 1 atom stereocenters. The van der Waals surface area contributed by atoms with Crippen molar-refractivity contribution in [1.82, 2.24) is 20.3 Å². The molecule has 0 spiro atoms. The first-order valence-electron chi connectivity index (χ1n) is 10.8. The van der Waals surface area contributed by atoms with E-state index in [0.717, 1.165) is 30.6 Å². The van der Waals surface area contributed by atoms with Crippen LogP contribution < -0.4 is 20.9 Å². The van der Waals surface area contributed by atoms with Gasteiger partial charge in [0, 0.05) is 32.3 Å². The quantitative estimate of drug-likeness (QED) is 0.515. The van der Waals surface area contributed by atoms with Crippen LogP contribution in [-0.2, 0) is 9.59 Å². The molecule has 3 aromatic rings. The topological polar surface area (TPSA) is 136 Å². The van der Waals surface area contributed by atoms with Crippen LogP contribution in [0.2, 0.25) is 0 Å². The number of rotatable bonds is 6. The number of nitrogens with zero attached hydrogens (tertiary/aromatic N) is 5. The normalized spacial score (nSPS) is 14.9. The predicted molar refractivity (Wildman–Crippen MR) is 128 cm³/mol. The lowest BCUT2D eigenvalue weighted by Crippen LogP contribution is -2.42. The zero-order chi connectivity index (χ0) is 24.1. The summed E-state index contributed by atoms with van der Waals surface area (Å²) in [5, 5.41) is 18.2. The fourth-order valence-electron chi connectivity index (χ4n) is 3.96. The zero-order valence-corrected chi connectivity index (χ0v) is 18.9. The Labute approximate surface area is 197 Å². The Balaban J connectivity index is 1.56. The van der Waals surface area contributed by atoms with E-state index in [-0.39, 0.29) is 17.9 Å². The lowest BCUT2D eigenvalue weighted by Gasteiger charge is -2.26. The van der Waals surface area contributed by atoms with Crippen molar-refractivity contribution in [2.75, 3.05) is 29.1 Å². The lowest BCUT2D eigenvalue weighted by molar-refractivity contribution is -0.121. The number of hydrogen-bond acceptors (Lipinski definition) is 8. The van der Waals surface area contributed by atoms with Gasteiger partial charge in [-0.1, -0.05) is 6.07 Å². The lowest BCUT2D eigenvalue weighted by atomic mass is 10.0. The highest BCUT2D eigenvalue weighted by molar-refractivity contribution is 5.88. The van der Waals surface area contributed by atoms with E-state index in [9.17, 15) is 14.9 Å². The summed E-state index contributed by atoms with van der Waals surface area (Å²) < 4.78 is 0. The van der Waals surface area contributed by atoms with Crippen LogP contribution >= 0.6 is 0 Å². The first-order chi connectivity index (χ1) is 16.5. The second-order valence-electron chi connectivity index (χ2n) is 7.81. The number of carbonyl (C=O) groups is 2. The largest absolute Gasteiger partial charge is 0.358 e. The van der Waals surface area contributed by atoms with Gasteiger partial charge in [-0.3, -0.25) is 9.59 Å². The van der Waals surface area contributed by atoms with E-state index >= 15 is 0 Å². The average molecular weight is 457 g/mol. The Morgan fingerprint density at radius 1 is 1.18 bits per heavy atom. The number of benzene rings is 1. The molecule has 2 aromatic heterocycles. The van der Waals surface area contributed by atoms with E-state index in [4.69, 9.17) is 0 Å². The van der Waals surface area contributed by atoms with Gasteiger partial charge in [0.25, 0.3) is 0 Å². The van der Waals surface area contributed by atoms with Crippen LogP contribution in [0.25, 0.3) is 11.3 Å². The summed E-state index contributed by atoms with van der Waals surface area (Å²) in [6, 6.07) is 12.7. The maximum absolute atomic E-state index is 12.3. The van der Waals surface area contributed by atoms with Crippen molar-refractivity contribution in [3.63, 3.8) is 0 Å². The second-order valence-corrected chi connectivity index (χ2v) is 7.81. The highest BCUT2D eigenvalue weighted by atomic mass is 16.2. The molecular formula is C24H24N8O2. The van der Waals surface area contributed by atoms with Crippen molar-refractivity contribution in [3.8, 4) is 17.3 Å². The SMILES string of the molecule is CNC(=O)[C@H]1CCCN1c1ccc(-c2ccnc(Nc3ccc(NC(C)=O)nc3)n2)cc1C#N. The number of pyridine rings is 1. The first-order valence-corrected chi connectivity index (χ1v) is 10.8. The van der Waals surface area contributed by atoms with Gasteiger partial charge < -0.3 is 20.9 Å². The Kier molecular flexibility index (Phi) is 6.64. The van der Waals surface area contributed by atoms with Crippen molar-refractivity contribution in [1.29, 1.82) is 5.26 Å². The number of nitrogens with one attached hydrogen (secondary N) is 3. The van der Waals surface area contributed by atoms with Gasteiger partial charge in [0.1, 0.15) is 17.9 Å². The van der Waals surface area contributed by atoms with E-state index in [1.165, 1.54) is 6.92 Å². The van der Waals surface area contributed by atoms with Gasteiger partial charge in [-0.15, -0.1) is 0 Å². The Morgan fingerprint density at radius 3 is 2.74 bits per heavy atom. The monoisotopic (exact) mass is 456 g/mol. The van der Waals surface area contributed by atoms with Crippen LogP contribution in [0.1, 0.15) is 25.3 Å². The van der Waals surface area contributed by atoms with Crippen LogP contribution in [-0.4, -0.2) is 46.4 Å². The van der Waals surface area contributed by atoms with Gasteiger partial charge >= 0.3 is 0 Å². The summed E-state index contributed by atoms with van der Waals surface area (Å²) in [6.45, 7) is 2.14. The molecule has 172 valence electrons. The molecule has 0 saturated carbocycles. The predicted octanol–water partition coefficient (Wildman–Crippen LogP) is 2.83. The highest BCUT2D eigenvalue weighted by Crippen LogP contribution is 2.32. The Morgan fingerprint density at radius 2 is 2.03 bits per heavy atom. The summed E-state index contributed by atoms with van der Waals surface area (Å²) in [5.41, 5.74) is 3.30. The minimum absolute atomic E-state index is 0.0448. The van der Waals surface area contributed by atoms with E-state index in [0.29, 0.717) is 28.7 Å². The third-order valence-electron chi connectivity index (χ3n) is 5.50. The zero-order valence-electron chi connectivity index (χ0n) is 18.9. The highest BCUT2D eigenvalue weighted by Gasteiger charge is 2.31. The molecule has 10 heteroatoms. The second kappa shape index (κ2) is 9.95. The van der Waals surface area contributed by atoms with Gasteiger partial charge in [0.2, 0.25) is 17.8 Å². The summed E-state index contributed by atoms with van der Waals surface area (Å²) in [7, 11) is 1.63. The standard InChI is InChI=1S/C24H24N8O2/c1-15(33)29-22-8-6-18(14-28-22)30-24-27-10-9-19(31-24)16-5-7-20(17(12-16)13-25)32-11-3-4-21(32)23(34)26-2/h5-10,12,14,21H,3-4,11H2,1-2H3,(H,26,34)(H,27,30,31)(H,28,29,33)/t21-/m1/s1. The molecule has 0 radical (unpaired) electrons. The third-order valence-corrected chi connectivity index (χ3v) is 5.50. The molecule has 0 aliphatic carbocycles. The number of anilines is 4. The molecule has 1 saturated heterocycles. The van der Waals surface area contributed by atoms with Crippen LogP contribution in [0.4, 0.5) is 23.1 Å². The van der Waals surface area contributed by atoms with E-state index in [2.05, 4.69) is 37.0 Å². The fourth-order valence-corrected chi connectivity index (χ4v) is 3.96. The average Bonchev–Trinajstić information content (AvgIpc) is 3.34. The molecule has 1 aromatic carbocycles.